The summed E-state index contributed by atoms with van der Waals surface area (Å²) in [5, 5.41) is 8.03. The summed E-state index contributed by atoms with van der Waals surface area (Å²) in [5.41, 5.74) is 12.4. The van der Waals surface area contributed by atoms with Crippen LogP contribution >= 0.6 is 12.4 Å². The van der Waals surface area contributed by atoms with Crippen LogP contribution in [-0.2, 0) is 10.4 Å². The van der Waals surface area contributed by atoms with Gasteiger partial charge in [0.2, 0.25) is 0 Å². The number of nitrogens with zero attached hydrogens (tertiary/aromatic N) is 3. The van der Waals surface area contributed by atoms with Crippen molar-refractivity contribution in [2.75, 3.05) is 11.5 Å². The van der Waals surface area contributed by atoms with Gasteiger partial charge in [0.05, 0.1) is 5.69 Å². The molecule has 120 valence electrons. The van der Waals surface area contributed by atoms with E-state index in [4.69, 9.17) is 29.0 Å². The van der Waals surface area contributed by atoms with Crippen molar-refractivity contribution in [1.82, 2.24) is 4.98 Å². The van der Waals surface area contributed by atoms with E-state index in [0.717, 1.165) is 5.69 Å². The molecule has 6 N–H and O–H groups in total. The van der Waals surface area contributed by atoms with Gasteiger partial charge in [0.25, 0.3) is 0 Å². The molecule has 11 heteroatoms. The molecule has 2 rings (SSSR count). The Hall–Kier alpha value is -2.27. The number of nitrogen functional groups attached to an aromatic ring is 2. The number of hydrogen-bond donors (Lipinski definition) is 4. The van der Waals surface area contributed by atoms with Gasteiger partial charge in [-0.05, 0) is 24.3 Å². The summed E-state index contributed by atoms with van der Waals surface area (Å²) >= 11 is 0. The van der Waals surface area contributed by atoms with Crippen LogP contribution in [0.1, 0.15) is 0 Å². The summed E-state index contributed by atoms with van der Waals surface area (Å²) in [7, 11) is -4.67. The third-order valence-corrected chi connectivity index (χ3v) is 1.95. The molecular weight excluding hydrogens is 334 g/mol. The maximum absolute atomic E-state index is 8.74. The van der Waals surface area contributed by atoms with E-state index in [9.17, 15) is 0 Å². The van der Waals surface area contributed by atoms with Gasteiger partial charge in [-0.2, -0.15) is 13.5 Å². The monoisotopic (exact) mass is 347 g/mol. The first-order chi connectivity index (χ1) is 9.75. The van der Waals surface area contributed by atoms with Crippen LogP contribution in [0.25, 0.3) is 0 Å². The van der Waals surface area contributed by atoms with Gasteiger partial charge in [0.15, 0.2) is 5.82 Å². The summed E-state index contributed by atoms with van der Waals surface area (Å²) in [4.78, 5) is 3.89. The molecule has 0 bridgehead atoms. The zero-order chi connectivity index (χ0) is 15.9. The van der Waals surface area contributed by atoms with Gasteiger partial charge in [-0.3, -0.25) is 9.11 Å². The SMILES string of the molecule is Cl.Nc1ccc(N=Nc2ccccc2)c(N)n1.O=S(=O)(O)O. The highest BCUT2D eigenvalue weighted by Gasteiger charge is 1.98. The van der Waals surface area contributed by atoms with E-state index in [-0.39, 0.29) is 18.2 Å². The summed E-state index contributed by atoms with van der Waals surface area (Å²) in [6, 6.07) is 12.7. The molecule has 0 saturated carbocycles. The summed E-state index contributed by atoms with van der Waals surface area (Å²) in [6.07, 6.45) is 0. The molecule has 2 aromatic rings. The number of halogens is 1. The number of nitrogens with two attached hydrogens (primary N) is 2. The highest BCUT2D eigenvalue weighted by atomic mass is 35.5. The lowest BCUT2D eigenvalue weighted by Gasteiger charge is -1.98. The first kappa shape index (κ1) is 19.7. The van der Waals surface area contributed by atoms with E-state index in [1.54, 1.807) is 12.1 Å². The topological polar surface area (TPSA) is 164 Å². The van der Waals surface area contributed by atoms with Crippen molar-refractivity contribution in [3.05, 3.63) is 42.5 Å². The second-order valence-electron chi connectivity index (χ2n) is 3.62. The minimum Gasteiger partial charge on any atom is -0.384 e. The van der Waals surface area contributed by atoms with Gasteiger partial charge in [0.1, 0.15) is 11.5 Å². The van der Waals surface area contributed by atoms with Crippen molar-refractivity contribution >= 4 is 45.8 Å². The van der Waals surface area contributed by atoms with E-state index >= 15 is 0 Å². The standard InChI is InChI=1S/C11H11N5.ClH.H2O4S/c12-10-7-6-9(11(13)14-10)16-15-8-4-2-1-3-5-8;;1-5(2,3)4/h1-7H,(H4,12,13,14);1H;(H2,1,2,3,4). The van der Waals surface area contributed by atoms with Crippen LogP contribution in [0.5, 0.6) is 0 Å². The van der Waals surface area contributed by atoms with Gasteiger partial charge in [-0.25, -0.2) is 4.98 Å². The Morgan fingerprint density at radius 2 is 1.50 bits per heavy atom. The molecule has 9 nitrogen and oxygen atoms in total. The lowest BCUT2D eigenvalue weighted by molar-refractivity contribution is 0.381. The first-order valence-electron chi connectivity index (χ1n) is 5.44. The maximum atomic E-state index is 8.74. The number of pyridine rings is 1. The van der Waals surface area contributed by atoms with E-state index in [1.165, 1.54) is 0 Å². The lowest BCUT2D eigenvalue weighted by atomic mass is 10.3. The Morgan fingerprint density at radius 1 is 0.955 bits per heavy atom. The third-order valence-electron chi connectivity index (χ3n) is 1.95. The molecule has 0 atom stereocenters. The number of azo groups is 1. The Balaban J connectivity index is 0.000000644. The number of aromatic nitrogens is 1. The Morgan fingerprint density at radius 3 is 2.00 bits per heavy atom. The van der Waals surface area contributed by atoms with E-state index < -0.39 is 10.4 Å². The molecule has 1 heterocycles. The molecule has 0 radical (unpaired) electrons. The number of hydrogen-bond acceptors (Lipinski definition) is 7. The molecule has 0 aliphatic rings. The molecule has 1 aromatic heterocycles. The van der Waals surface area contributed by atoms with E-state index in [1.807, 2.05) is 30.3 Å². The normalized spacial score (nSPS) is 10.5. The minimum atomic E-state index is -4.67. The van der Waals surface area contributed by atoms with Crippen molar-refractivity contribution in [2.24, 2.45) is 10.2 Å². The largest absolute Gasteiger partial charge is 0.394 e. The quantitative estimate of drug-likeness (QED) is 0.478. The highest BCUT2D eigenvalue weighted by Crippen LogP contribution is 2.23. The van der Waals surface area contributed by atoms with E-state index in [0.29, 0.717) is 11.5 Å². The Labute approximate surface area is 133 Å². The number of rotatable bonds is 2. The molecule has 0 aliphatic carbocycles. The van der Waals surface area contributed by atoms with Crippen molar-refractivity contribution in [3.63, 3.8) is 0 Å². The third kappa shape index (κ3) is 8.81. The van der Waals surface area contributed by atoms with Crippen molar-refractivity contribution < 1.29 is 17.5 Å². The van der Waals surface area contributed by atoms with Crippen LogP contribution in [0.15, 0.2) is 52.7 Å². The first-order valence-corrected chi connectivity index (χ1v) is 6.84. The lowest BCUT2D eigenvalue weighted by Crippen LogP contribution is -1.95. The Bertz CT molecular complexity index is 717. The van der Waals surface area contributed by atoms with Crippen molar-refractivity contribution in [2.45, 2.75) is 0 Å². The van der Waals surface area contributed by atoms with Crippen molar-refractivity contribution in [3.8, 4) is 0 Å². The van der Waals surface area contributed by atoms with Crippen LogP contribution in [0.2, 0.25) is 0 Å². The number of anilines is 2. The van der Waals surface area contributed by atoms with Gasteiger partial charge < -0.3 is 11.5 Å². The van der Waals surface area contributed by atoms with Gasteiger partial charge in [-0.15, -0.1) is 17.5 Å². The second-order valence-corrected chi connectivity index (χ2v) is 4.52. The molecule has 0 spiro atoms. The van der Waals surface area contributed by atoms with Gasteiger partial charge in [-0.1, -0.05) is 18.2 Å². The maximum Gasteiger partial charge on any atom is 0.394 e. The predicted octanol–water partition coefficient (Wildman–Crippen LogP) is 2.43. The second kappa shape index (κ2) is 8.89. The molecular formula is C11H14ClN5O4S. The fourth-order valence-corrected chi connectivity index (χ4v) is 1.17. The molecule has 0 aliphatic heterocycles. The van der Waals surface area contributed by atoms with Gasteiger partial charge >= 0.3 is 10.4 Å². The van der Waals surface area contributed by atoms with E-state index in [2.05, 4.69) is 15.2 Å². The molecule has 1 aromatic carbocycles. The molecule has 0 unspecified atom stereocenters. The Kier molecular flexibility index (Phi) is 7.98. The average molecular weight is 348 g/mol. The molecule has 0 amide bonds. The molecule has 22 heavy (non-hydrogen) atoms. The van der Waals surface area contributed by atoms with Crippen LogP contribution < -0.4 is 11.5 Å². The van der Waals surface area contributed by atoms with Crippen LogP contribution in [0.4, 0.5) is 23.0 Å². The summed E-state index contributed by atoms with van der Waals surface area (Å²) < 4.78 is 31.6. The zero-order valence-electron chi connectivity index (χ0n) is 11.1. The molecule has 0 fully saturated rings. The van der Waals surface area contributed by atoms with Crippen LogP contribution in [0, 0.1) is 0 Å². The molecule has 0 saturated heterocycles. The summed E-state index contributed by atoms with van der Waals surface area (Å²) in [6.45, 7) is 0. The van der Waals surface area contributed by atoms with Crippen molar-refractivity contribution in [1.29, 1.82) is 0 Å². The number of benzene rings is 1. The fraction of sp³-hybridized carbons (Fsp3) is 0. The average Bonchev–Trinajstić information content (AvgIpc) is 2.37. The smallest absolute Gasteiger partial charge is 0.384 e. The van der Waals surface area contributed by atoms with Crippen LogP contribution in [-0.4, -0.2) is 22.5 Å². The predicted molar refractivity (Wildman–Crippen MR) is 85.1 cm³/mol. The highest BCUT2D eigenvalue weighted by molar-refractivity contribution is 7.79. The van der Waals surface area contributed by atoms with Crippen LogP contribution in [0.3, 0.4) is 0 Å². The zero-order valence-corrected chi connectivity index (χ0v) is 12.7. The minimum absolute atomic E-state index is 0. The fourth-order valence-electron chi connectivity index (χ4n) is 1.17. The van der Waals surface area contributed by atoms with Gasteiger partial charge in [0, 0.05) is 0 Å². The summed E-state index contributed by atoms with van der Waals surface area (Å²) in [5.74, 6) is 0.649.